The molecule has 172 valence electrons. The van der Waals surface area contributed by atoms with Gasteiger partial charge in [0.1, 0.15) is 52.1 Å². The van der Waals surface area contributed by atoms with Crippen LogP contribution < -0.4 is 14.9 Å². The number of phenolic OH excluding ortho intramolecular Hbond substituents is 2. The minimum absolute atomic E-state index is 0.0335. The van der Waals surface area contributed by atoms with Gasteiger partial charge in [0.2, 0.25) is 0 Å². The third-order valence-corrected chi connectivity index (χ3v) is 6.33. The van der Waals surface area contributed by atoms with E-state index >= 15 is 0 Å². The molecule has 3 heterocycles. The van der Waals surface area contributed by atoms with Gasteiger partial charge >= 0.3 is 0 Å². The molecule has 0 fully saturated rings. The maximum absolute atomic E-state index is 12.9. The largest absolute Gasteiger partial charge is 0.507 e. The lowest BCUT2D eigenvalue weighted by Gasteiger charge is -2.40. The van der Waals surface area contributed by atoms with Crippen molar-refractivity contribution in [2.45, 2.75) is 51.1 Å². The first kappa shape index (κ1) is 21.4. The molecule has 2 aromatic carbocycles. The first-order chi connectivity index (χ1) is 15.5. The molecule has 8 heteroatoms. The SMILES string of the molecule is C=C(C)C1Cc2c(cc(O)c3c(=O)cc(-c4cc(O)c5c(c4)C(O)C(O)C(C)(C)O5)oc23)O1. The van der Waals surface area contributed by atoms with Crippen molar-refractivity contribution >= 4 is 11.0 Å². The van der Waals surface area contributed by atoms with E-state index in [0.29, 0.717) is 23.3 Å². The lowest BCUT2D eigenvalue weighted by atomic mass is 9.87. The number of aromatic hydroxyl groups is 2. The van der Waals surface area contributed by atoms with Crippen LogP contribution in [0.25, 0.3) is 22.3 Å². The number of fused-ring (bicyclic) bond motifs is 4. The van der Waals surface area contributed by atoms with Crippen molar-refractivity contribution in [2.24, 2.45) is 0 Å². The van der Waals surface area contributed by atoms with Crippen molar-refractivity contribution in [1.82, 2.24) is 0 Å². The Morgan fingerprint density at radius 1 is 1.12 bits per heavy atom. The van der Waals surface area contributed by atoms with Gasteiger partial charge < -0.3 is 34.3 Å². The van der Waals surface area contributed by atoms with Crippen LogP contribution in [0.15, 0.2) is 45.6 Å². The van der Waals surface area contributed by atoms with Crippen LogP contribution in [0.4, 0.5) is 0 Å². The number of phenols is 2. The maximum atomic E-state index is 12.9. The molecule has 2 aliphatic rings. The Hall–Kier alpha value is -3.49. The Kier molecular flexibility index (Phi) is 4.53. The molecule has 0 bridgehead atoms. The molecule has 0 spiro atoms. The van der Waals surface area contributed by atoms with Gasteiger partial charge in [-0.1, -0.05) is 6.58 Å². The summed E-state index contributed by atoms with van der Waals surface area (Å²) in [6.07, 6.45) is -2.43. The predicted octanol–water partition coefficient (Wildman–Crippen LogP) is 3.32. The lowest BCUT2D eigenvalue weighted by Crippen LogP contribution is -2.48. The van der Waals surface area contributed by atoms with E-state index in [1.807, 2.05) is 6.92 Å². The van der Waals surface area contributed by atoms with Gasteiger partial charge in [-0.15, -0.1) is 0 Å². The molecule has 0 amide bonds. The van der Waals surface area contributed by atoms with Crippen LogP contribution in [0.1, 0.15) is 38.0 Å². The van der Waals surface area contributed by atoms with E-state index in [0.717, 1.165) is 5.57 Å². The van der Waals surface area contributed by atoms with Crippen LogP contribution in [0, 0.1) is 0 Å². The van der Waals surface area contributed by atoms with Gasteiger partial charge in [-0.3, -0.25) is 4.79 Å². The summed E-state index contributed by atoms with van der Waals surface area (Å²) in [7, 11) is 0. The summed E-state index contributed by atoms with van der Waals surface area (Å²) >= 11 is 0. The molecule has 0 aliphatic carbocycles. The molecular weight excluding hydrogens is 428 g/mol. The van der Waals surface area contributed by atoms with E-state index in [9.17, 15) is 25.2 Å². The smallest absolute Gasteiger partial charge is 0.197 e. The van der Waals surface area contributed by atoms with Crippen molar-refractivity contribution in [3.8, 4) is 34.3 Å². The van der Waals surface area contributed by atoms with Gasteiger partial charge in [0.05, 0.1) is 0 Å². The molecule has 3 unspecified atom stereocenters. The van der Waals surface area contributed by atoms with E-state index in [1.54, 1.807) is 13.8 Å². The third-order valence-electron chi connectivity index (χ3n) is 6.33. The van der Waals surface area contributed by atoms with Gasteiger partial charge in [0.15, 0.2) is 16.9 Å². The number of aliphatic hydroxyl groups is 2. The van der Waals surface area contributed by atoms with Crippen LogP contribution in [0.2, 0.25) is 0 Å². The Morgan fingerprint density at radius 2 is 1.85 bits per heavy atom. The Labute approximate surface area is 188 Å². The average Bonchev–Trinajstić information content (AvgIpc) is 3.17. The molecular formula is C25H24O8. The fraction of sp³-hybridized carbons (Fsp3) is 0.320. The quantitative estimate of drug-likeness (QED) is 0.436. The number of benzene rings is 2. The summed E-state index contributed by atoms with van der Waals surface area (Å²) in [4.78, 5) is 12.9. The third kappa shape index (κ3) is 3.17. The van der Waals surface area contributed by atoms with Gasteiger partial charge in [-0.2, -0.15) is 0 Å². The van der Waals surface area contributed by atoms with Crippen molar-refractivity contribution in [1.29, 1.82) is 0 Å². The maximum Gasteiger partial charge on any atom is 0.197 e. The minimum Gasteiger partial charge on any atom is -0.507 e. The number of hydrogen-bond donors (Lipinski definition) is 4. The van der Waals surface area contributed by atoms with Crippen molar-refractivity contribution in [2.75, 3.05) is 0 Å². The van der Waals surface area contributed by atoms with E-state index in [-0.39, 0.29) is 45.6 Å². The molecule has 2 aliphatic heterocycles. The second-order valence-corrected chi connectivity index (χ2v) is 9.22. The molecule has 4 N–H and O–H groups in total. The summed E-state index contributed by atoms with van der Waals surface area (Å²) in [6.45, 7) is 8.96. The second kappa shape index (κ2) is 7.00. The van der Waals surface area contributed by atoms with Crippen molar-refractivity contribution in [3.05, 3.63) is 57.8 Å². The summed E-state index contributed by atoms with van der Waals surface area (Å²) in [5.74, 6) is 0.0605. The molecule has 8 nitrogen and oxygen atoms in total. The molecule has 1 aromatic heterocycles. The fourth-order valence-corrected chi connectivity index (χ4v) is 4.42. The van der Waals surface area contributed by atoms with Gasteiger partial charge in [0, 0.05) is 35.2 Å². The number of hydrogen-bond acceptors (Lipinski definition) is 8. The number of rotatable bonds is 2. The summed E-state index contributed by atoms with van der Waals surface area (Å²) in [5.41, 5.74) is 0.509. The van der Waals surface area contributed by atoms with E-state index in [4.69, 9.17) is 13.9 Å². The zero-order chi connectivity index (χ0) is 23.8. The highest BCUT2D eigenvalue weighted by Crippen LogP contribution is 2.47. The summed E-state index contributed by atoms with van der Waals surface area (Å²) in [6, 6.07) is 5.47. The number of aliphatic hydroxyl groups excluding tert-OH is 2. The Morgan fingerprint density at radius 3 is 2.55 bits per heavy atom. The summed E-state index contributed by atoms with van der Waals surface area (Å²) < 4.78 is 17.6. The second-order valence-electron chi connectivity index (χ2n) is 9.22. The fourth-order valence-electron chi connectivity index (χ4n) is 4.42. The lowest BCUT2D eigenvalue weighted by molar-refractivity contribution is -0.112. The van der Waals surface area contributed by atoms with E-state index in [1.165, 1.54) is 24.3 Å². The predicted molar refractivity (Wildman–Crippen MR) is 120 cm³/mol. The molecule has 0 radical (unpaired) electrons. The van der Waals surface area contributed by atoms with Crippen LogP contribution in [0.3, 0.4) is 0 Å². The van der Waals surface area contributed by atoms with Crippen LogP contribution in [-0.4, -0.2) is 38.2 Å². The van der Waals surface area contributed by atoms with Crippen molar-refractivity contribution < 1.29 is 34.3 Å². The standard InChI is InChI=1S/C25H24O8/c1-10(2)17-7-12-19(31-17)9-15(27)20-14(26)8-18(32-23(12)20)11-5-13-21(29)24(30)25(3,4)33-22(13)16(28)6-11/h5-6,8-9,17,21,24,27-30H,1,7H2,2-4H3. The van der Waals surface area contributed by atoms with Crippen LogP contribution in [0.5, 0.6) is 23.0 Å². The van der Waals surface area contributed by atoms with Gasteiger partial charge in [-0.25, -0.2) is 0 Å². The minimum atomic E-state index is -1.32. The highest BCUT2D eigenvalue weighted by atomic mass is 16.5. The molecule has 5 rings (SSSR count). The normalized spacial score (nSPS) is 22.9. The van der Waals surface area contributed by atoms with Gasteiger partial charge in [0.25, 0.3) is 0 Å². The van der Waals surface area contributed by atoms with Crippen LogP contribution in [-0.2, 0) is 6.42 Å². The van der Waals surface area contributed by atoms with E-state index < -0.39 is 23.2 Å². The first-order valence-corrected chi connectivity index (χ1v) is 10.5. The molecule has 3 atom stereocenters. The first-order valence-electron chi connectivity index (χ1n) is 10.5. The van der Waals surface area contributed by atoms with E-state index in [2.05, 4.69) is 6.58 Å². The monoisotopic (exact) mass is 452 g/mol. The average molecular weight is 452 g/mol. The number of ether oxygens (including phenoxy) is 2. The molecule has 3 aromatic rings. The molecule has 0 saturated carbocycles. The van der Waals surface area contributed by atoms with Crippen LogP contribution >= 0.6 is 0 Å². The Balaban J connectivity index is 1.70. The van der Waals surface area contributed by atoms with Gasteiger partial charge in [-0.05, 0) is 38.5 Å². The summed E-state index contributed by atoms with van der Waals surface area (Å²) in [5, 5.41) is 42.1. The molecule has 0 saturated heterocycles. The molecule has 33 heavy (non-hydrogen) atoms. The Bertz CT molecular complexity index is 1380. The van der Waals surface area contributed by atoms with Crippen molar-refractivity contribution in [3.63, 3.8) is 0 Å². The zero-order valence-corrected chi connectivity index (χ0v) is 18.4. The highest BCUT2D eigenvalue weighted by Gasteiger charge is 2.43. The highest BCUT2D eigenvalue weighted by molar-refractivity contribution is 5.90. The topological polar surface area (TPSA) is 130 Å². The zero-order valence-electron chi connectivity index (χ0n) is 18.4.